The first-order valence-corrected chi connectivity index (χ1v) is 12.8. The van der Waals surface area contributed by atoms with E-state index in [0.717, 1.165) is 54.7 Å². The summed E-state index contributed by atoms with van der Waals surface area (Å²) < 4.78 is 17.1. The second-order valence-corrected chi connectivity index (χ2v) is 10.3. The van der Waals surface area contributed by atoms with Gasteiger partial charge in [-0.05, 0) is 74.8 Å². The molecule has 0 saturated carbocycles. The molecule has 3 N–H and O–H groups in total. The van der Waals surface area contributed by atoms with Gasteiger partial charge in [0.15, 0.2) is 11.5 Å². The number of aryl methyl sites for hydroxylation is 2. The van der Waals surface area contributed by atoms with Crippen molar-refractivity contribution in [2.45, 2.75) is 46.1 Å². The number of ether oxygens (including phenoxy) is 3. The molecule has 0 bridgehead atoms. The predicted molar refractivity (Wildman–Crippen MR) is 143 cm³/mol. The van der Waals surface area contributed by atoms with E-state index in [9.17, 15) is 4.79 Å². The zero-order valence-corrected chi connectivity index (χ0v) is 22.0. The third-order valence-corrected chi connectivity index (χ3v) is 7.53. The topological polar surface area (TPSA) is 112 Å². The summed E-state index contributed by atoms with van der Waals surface area (Å²) in [5, 5.41) is 4.23. The first kappa shape index (κ1) is 25.1. The van der Waals surface area contributed by atoms with Gasteiger partial charge in [0.1, 0.15) is 11.6 Å². The molecular weight excluding hydrogens is 470 g/mol. The molecule has 1 aromatic heterocycles. The lowest BCUT2D eigenvalue weighted by atomic mass is 9.78. The van der Waals surface area contributed by atoms with Crippen molar-refractivity contribution in [3.05, 3.63) is 47.3 Å². The van der Waals surface area contributed by atoms with E-state index in [0.29, 0.717) is 41.7 Å². The van der Waals surface area contributed by atoms with Crippen LogP contribution < -0.4 is 20.5 Å². The SMILES string of the molecule is COc1cc2nc(C)nc(NC(C)c3cc(C)cc(N)c3)c2cc1OC(=O)N1CCC2(CCOC2)CC1. The first-order valence-electron chi connectivity index (χ1n) is 12.8. The standard InChI is InChI=1S/C28H35N5O4/c1-17-11-20(13-21(29)12-17)18(2)30-26-22-14-25(24(35-4)15-23(22)31-19(3)32-26)37-27(34)33-8-5-28(6-9-33)7-10-36-16-28/h11-15,18H,5-10,16,29H2,1-4H3,(H,30,31,32). The molecule has 1 spiro atoms. The minimum atomic E-state index is -0.377. The van der Waals surface area contributed by atoms with Crippen LogP contribution in [0, 0.1) is 19.3 Å². The Hall–Kier alpha value is -3.59. The molecule has 2 aromatic carbocycles. The largest absolute Gasteiger partial charge is 0.493 e. The van der Waals surface area contributed by atoms with Crippen LogP contribution in [0.25, 0.3) is 10.9 Å². The quantitative estimate of drug-likeness (QED) is 0.466. The van der Waals surface area contributed by atoms with Crippen LogP contribution in [0.4, 0.5) is 16.3 Å². The van der Waals surface area contributed by atoms with E-state index in [1.165, 1.54) is 0 Å². The van der Waals surface area contributed by atoms with Gasteiger partial charge in [-0.1, -0.05) is 6.07 Å². The van der Waals surface area contributed by atoms with Gasteiger partial charge in [0.2, 0.25) is 0 Å². The molecule has 3 aromatic rings. The zero-order chi connectivity index (χ0) is 26.2. The minimum absolute atomic E-state index is 0.0620. The third kappa shape index (κ3) is 5.27. The Balaban J connectivity index is 1.40. The van der Waals surface area contributed by atoms with Crippen molar-refractivity contribution in [1.82, 2.24) is 14.9 Å². The summed E-state index contributed by atoms with van der Waals surface area (Å²) >= 11 is 0. The number of carbonyl (C=O) groups is 1. The van der Waals surface area contributed by atoms with Crippen molar-refractivity contribution >= 4 is 28.5 Å². The number of carbonyl (C=O) groups excluding carboxylic acids is 1. The highest BCUT2D eigenvalue weighted by Crippen LogP contribution is 2.40. The Morgan fingerprint density at radius 2 is 1.89 bits per heavy atom. The van der Waals surface area contributed by atoms with Gasteiger partial charge in [-0.25, -0.2) is 14.8 Å². The number of fused-ring (bicyclic) bond motifs is 1. The lowest BCUT2D eigenvalue weighted by Gasteiger charge is -2.37. The maximum Gasteiger partial charge on any atom is 0.415 e. The number of hydrogen-bond acceptors (Lipinski definition) is 8. The highest BCUT2D eigenvalue weighted by Gasteiger charge is 2.39. The Bertz CT molecular complexity index is 1290. The molecule has 2 saturated heterocycles. The monoisotopic (exact) mass is 505 g/mol. The van der Waals surface area contributed by atoms with E-state index >= 15 is 0 Å². The van der Waals surface area contributed by atoms with Crippen LogP contribution in [-0.2, 0) is 4.74 Å². The average Bonchev–Trinajstić information content (AvgIpc) is 3.31. The van der Waals surface area contributed by atoms with Gasteiger partial charge >= 0.3 is 6.09 Å². The number of likely N-dealkylation sites (tertiary alicyclic amines) is 1. The molecule has 37 heavy (non-hydrogen) atoms. The lowest BCUT2D eigenvalue weighted by molar-refractivity contribution is 0.0775. The molecule has 2 fully saturated rings. The van der Waals surface area contributed by atoms with Crippen molar-refractivity contribution in [1.29, 1.82) is 0 Å². The molecule has 1 amide bonds. The molecule has 9 nitrogen and oxygen atoms in total. The molecule has 196 valence electrons. The van der Waals surface area contributed by atoms with E-state index in [1.54, 1.807) is 24.1 Å². The Kier molecular flexibility index (Phi) is 6.81. The van der Waals surface area contributed by atoms with Crippen molar-refractivity contribution in [2.75, 3.05) is 44.5 Å². The van der Waals surface area contributed by atoms with Gasteiger partial charge in [0.25, 0.3) is 0 Å². The highest BCUT2D eigenvalue weighted by molar-refractivity contribution is 5.92. The zero-order valence-electron chi connectivity index (χ0n) is 22.0. The molecular formula is C28H35N5O4. The van der Waals surface area contributed by atoms with Crippen molar-refractivity contribution in [3.63, 3.8) is 0 Å². The lowest BCUT2D eigenvalue weighted by Crippen LogP contribution is -2.44. The van der Waals surface area contributed by atoms with E-state index in [1.807, 2.05) is 26.0 Å². The van der Waals surface area contributed by atoms with E-state index < -0.39 is 0 Å². The molecule has 3 heterocycles. The highest BCUT2D eigenvalue weighted by atomic mass is 16.6. The van der Waals surface area contributed by atoms with Crippen LogP contribution in [0.15, 0.2) is 30.3 Å². The Morgan fingerprint density at radius 3 is 2.57 bits per heavy atom. The molecule has 0 aliphatic carbocycles. The van der Waals surface area contributed by atoms with Gasteiger partial charge in [-0.2, -0.15) is 0 Å². The van der Waals surface area contributed by atoms with Gasteiger partial charge in [-0.15, -0.1) is 0 Å². The number of nitrogens with one attached hydrogen (secondary N) is 1. The van der Waals surface area contributed by atoms with Gasteiger partial charge in [-0.3, -0.25) is 0 Å². The molecule has 2 aliphatic rings. The number of nitrogens with zero attached hydrogens (tertiary/aromatic N) is 3. The van der Waals surface area contributed by atoms with Crippen LogP contribution >= 0.6 is 0 Å². The molecule has 1 unspecified atom stereocenters. The molecule has 5 rings (SSSR count). The van der Waals surface area contributed by atoms with Gasteiger partial charge in [0.05, 0.1) is 25.3 Å². The number of piperidine rings is 1. The van der Waals surface area contributed by atoms with Crippen LogP contribution in [0.1, 0.15) is 49.2 Å². The summed E-state index contributed by atoms with van der Waals surface area (Å²) in [4.78, 5) is 24.1. The van der Waals surface area contributed by atoms with E-state index in [4.69, 9.17) is 19.9 Å². The number of benzene rings is 2. The Labute approximate surface area is 217 Å². The first-order chi connectivity index (χ1) is 17.7. The molecule has 2 aliphatic heterocycles. The summed E-state index contributed by atoms with van der Waals surface area (Å²) in [6.07, 6.45) is 2.55. The predicted octanol–water partition coefficient (Wildman–Crippen LogP) is 5.01. The van der Waals surface area contributed by atoms with Crippen molar-refractivity contribution in [2.24, 2.45) is 5.41 Å². The third-order valence-electron chi connectivity index (χ3n) is 7.53. The van der Waals surface area contributed by atoms with Crippen LogP contribution in [0.5, 0.6) is 11.5 Å². The number of aromatic nitrogens is 2. The number of nitrogen functional groups attached to an aromatic ring is 1. The minimum Gasteiger partial charge on any atom is -0.493 e. The van der Waals surface area contributed by atoms with Gasteiger partial charge in [0, 0.05) is 36.8 Å². The maximum absolute atomic E-state index is 13.1. The van der Waals surface area contributed by atoms with Gasteiger partial charge < -0.3 is 30.2 Å². The number of amides is 1. The van der Waals surface area contributed by atoms with E-state index in [2.05, 4.69) is 28.3 Å². The number of anilines is 2. The summed E-state index contributed by atoms with van der Waals surface area (Å²) in [7, 11) is 1.56. The average molecular weight is 506 g/mol. The fourth-order valence-corrected chi connectivity index (χ4v) is 5.35. The summed E-state index contributed by atoms with van der Waals surface area (Å²) in [5.41, 5.74) is 9.85. The number of methoxy groups -OCH3 is 1. The molecule has 0 radical (unpaired) electrons. The number of rotatable bonds is 5. The number of hydrogen-bond donors (Lipinski definition) is 2. The molecule has 1 atom stereocenters. The van der Waals surface area contributed by atoms with Crippen LogP contribution in [0.3, 0.4) is 0 Å². The van der Waals surface area contributed by atoms with Crippen LogP contribution in [-0.4, -0.2) is 54.4 Å². The van der Waals surface area contributed by atoms with Crippen molar-refractivity contribution in [3.8, 4) is 11.5 Å². The fourth-order valence-electron chi connectivity index (χ4n) is 5.35. The smallest absolute Gasteiger partial charge is 0.415 e. The molecule has 9 heteroatoms. The summed E-state index contributed by atoms with van der Waals surface area (Å²) in [6, 6.07) is 9.50. The maximum atomic E-state index is 13.1. The second kappa shape index (κ2) is 10.0. The summed E-state index contributed by atoms with van der Waals surface area (Å²) in [6.45, 7) is 8.84. The summed E-state index contributed by atoms with van der Waals surface area (Å²) in [5.74, 6) is 2.06. The van der Waals surface area contributed by atoms with Crippen molar-refractivity contribution < 1.29 is 19.0 Å². The van der Waals surface area contributed by atoms with E-state index in [-0.39, 0.29) is 17.6 Å². The number of nitrogens with two attached hydrogens (primary N) is 1. The Morgan fingerprint density at radius 1 is 1.11 bits per heavy atom. The fraction of sp³-hybridized carbons (Fsp3) is 0.464. The normalized spacial score (nSPS) is 17.7. The second-order valence-electron chi connectivity index (χ2n) is 10.3. The van der Waals surface area contributed by atoms with Crippen LogP contribution in [0.2, 0.25) is 0 Å².